The molecule has 0 aromatic carbocycles. The minimum Gasteiger partial charge on any atom is -0.447 e. The fraction of sp³-hybridized carbons (Fsp3) is 0.571. The summed E-state index contributed by atoms with van der Waals surface area (Å²) in [6.07, 6.45) is -1.28. The molecule has 1 aliphatic rings. The average Bonchev–Trinajstić information content (AvgIpc) is 2.58. The van der Waals surface area contributed by atoms with Crippen LogP contribution >= 0.6 is 0 Å². The Morgan fingerprint density at radius 2 is 1.11 bits per heavy atom. The summed E-state index contributed by atoms with van der Waals surface area (Å²) in [6, 6.07) is 0. The van der Waals surface area contributed by atoms with Crippen LogP contribution in [-0.4, -0.2) is 47.8 Å². The Balaban J connectivity index is 0.000000521. The second-order valence-corrected chi connectivity index (χ2v) is 4.91. The van der Waals surface area contributed by atoms with Crippen molar-refractivity contribution in [3.05, 3.63) is 0 Å². The Labute approximate surface area is 157 Å². The van der Waals surface area contributed by atoms with Crippen molar-refractivity contribution in [1.82, 2.24) is 0 Å². The topological polar surface area (TPSA) is 187 Å². The van der Waals surface area contributed by atoms with Crippen LogP contribution in [0.15, 0.2) is 0 Å². The first-order valence-electron chi connectivity index (χ1n) is 7.67. The van der Waals surface area contributed by atoms with Gasteiger partial charge in [-0.05, 0) is 25.7 Å². The second-order valence-electron chi connectivity index (χ2n) is 4.91. The van der Waals surface area contributed by atoms with Crippen molar-refractivity contribution in [1.29, 1.82) is 0 Å². The lowest BCUT2D eigenvalue weighted by molar-refractivity contribution is -0.217. The van der Waals surface area contributed by atoms with E-state index >= 15 is 0 Å². The molecule has 0 aromatic heterocycles. The number of ether oxygens (including phenoxy) is 3. The summed E-state index contributed by atoms with van der Waals surface area (Å²) in [5, 5.41) is 8.01. The lowest BCUT2D eigenvalue weighted by Gasteiger charge is -2.20. The number of rotatable bonds is 1. The molecule has 0 bridgehead atoms. The number of carbonyl (C=O) groups excluding carboxylic acids is 5. The summed E-state index contributed by atoms with van der Waals surface area (Å²) in [5.74, 6) is -1.89. The first-order chi connectivity index (χ1) is 13.1. The number of carbonyl (C=O) groups is 6. The van der Waals surface area contributed by atoms with Gasteiger partial charge in [0, 0.05) is 13.8 Å². The third-order valence-electron chi connectivity index (χ3n) is 2.63. The van der Waals surface area contributed by atoms with Crippen molar-refractivity contribution in [2.24, 2.45) is 0 Å². The molecule has 0 atom stereocenters. The van der Waals surface area contributed by atoms with E-state index in [1.807, 2.05) is 0 Å². The maximum absolute atomic E-state index is 10.8. The zero-order valence-electron chi connectivity index (χ0n) is 14.9. The summed E-state index contributed by atoms with van der Waals surface area (Å²) in [5.41, 5.74) is 0. The van der Waals surface area contributed by atoms with E-state index in [2.05, 4.69) is 29.0 Å². The maximum atomic E-state index is 10.8. The summed E-state index contributed by atoms with van der Waals surface area (Å²) >= 11 is 0. The van der Waals surface area contributed by atoms with Gasteiger partial charge in [0.15, 0.2) is 0 Å². The van der Waals surface area contributed by atoms with Gasteiger partial charge in [-0.2, -0.15) is 29.0 Å². The van der Waals surface area contributed by atoms with Crippen LogP contribution in [0.3, 0.4) is 0 Å². The quantitative estimate of drug-likeness (QED) is 0.218. The van der Waals surface area contributed by atoms with Crippen molar-refractivity contribution in [3.8, 4) is 0 Å². The van der Waals surface area contributed by atoms with Crippen molar-refractivity contribution in [3.63, 3.8) is 0 Å². The molecule has 0 radical (unpaired) electrons. The first kappa shape index (κ1) is 24.4. The Hall–Kier alpha value is -3.58. The fourth-order valence-corrected chi connectivity index (χ4v) is 1.75. The zero-order chi connectivity index (χ0) is 21.5. The molecule has 14 heteroatoms. The Morgan fingerprint density at radius 1 is 0.679 bits per heavy atom. The summed E-state index contributed by atoms with van der Waals surface area (Å²) in [4.78, 5) is 76.2. The van der Waals surface area contributed by atoms with E-state index < -0.39 is 36.6 Å². The van der Waals surface area contributed by atoms with Crippen LogP contribution in [0.2, 0.25) is 0 Å². The zero-order valence-corrected chi connectivity index (χ0v) is 14.9. The van der Waals surface area contributed by atoms with Crippen LogP contribution < -0.4 is 0 Å². The Kier molecular flexibility index (Phi) is 11.9. The third-order valence-corrected chi connectivity index (χ3v) is 2.63. The van der Waals surface area contributed by atoms with Crippen LogP contribution in [0, 0.1) is 0 Å². The fourth-order valence-electron chi connectivity index (χ4n) is 1.75. The van der Waals surface area contributed by atoms with E-state index in [9.17, 15) is 28.8 Å². The van der Waals surface area contributed by atoms with Gasteiger partial charge in [-0.1, -0.05) is 6.42 Å². The molecular formula is C14H18O14. The SMILES string of the molecule is CC(=O)OC(=O)OOC(=O)OC(C)=O.O=C(O)OOC(=O)OC1CCCCC1. The van der Waals surface area contributed by atoms with Gasteiger partial charge >= 0.3 is 36.6 Å². The summed E-state index contributed by atoms with van der Waals surface area (Å²) in [7, 11) is 0. The van der Waals surface area contributed by atoms with Crippen LogP contribution in [0.5, 0.6) is 0 Å². The minimum absolute atomic E-state index is 0.173. The maximum Gasteiger partial charge on any atom is 0.558 e. The molecule has 14 nitrogen and oxygen atoms in total. The standard InChI is InChI=1S/C8H12O6.C6H6O8/c9-7(10)13-14-8(11)12-6-4-2-1-3-5-6;1-3(7)11-5(9)13-14-6(10)12-4(2)8/h6H,1-5H2,(H,9,10);1-2H3. The number of carboxylic acid groups (broad SMARTS) is 1. The molecule has 28 heavy (non-hydrogen) atoms. The molecule has 1 N–H and O–H groups in total. The second kappa shape index (κ2) is 13.6. The minimum atomic E-state index is -1.68. The van der Waals surface area contributed by atoms with Crippen LogP contribution in [-0.2, 0) is 43.3 Å². The predicted molar refractivity (Wildman–Crippen MR) is 80.0 cm³/mol. The Morgan fingerprint density at radius 3 is 1.50 bits per heavy atom. The van der Waals surface area contributed by atoms with Crippen molar-refractivity contribution >= 4 is 36.6 Å². The van der Waals surface area contributed by atoms with Crippen LogP contribution in [0.4, 0.5) is 19.2 Å². The highest BCUT2D eigenvalue weighted by molar-refractivity contribution is 5.81. The lowest BCUT2D eigenvalue weighted by atomic mass is 9.98. The van der Waals surface area contributed by atoms with Gasteiger partial charge < -0.3 is 19.3 Å². The van der Waals surface area contributed by atoms with Gasteiger partial charge in [-0.15, -0.1) is 0 Å². The molecule has 0 aliphatic heterocycles. The number of hydrogen-bond donors (Lipinski definition) is 1. The van der Waals surface area contributed by atoms with Gasteiger partial charge in [0.2, 0.25) is 0 Å². The van der Waals surface area contributed by atoms with E-state index in [4.69, 9.17) is 9.84 Å². The van der Waals surface area contributed by atoms with Gasteiger partial charge in [0.25, 0.3) is 0 Å². The number of hydrogen-bond acceptors (Lipinski definition) is 13. The molecule has 1 rings (SSSR count). The molecule has 0 heterocycles. The summed E-state index contributed by atoms with van der Waals surface area (Å²) in [6.45, 7) is 1.88. The molecular weight excluding hydrogens is 392 g/mol. The molecule has 0 amide bonds. The first-order valence-corrected chi connectivity index (χ1v) is 7.67. The van der Waals surface area contributed by atoms with Crippen LogP contribution in [0.1, 0.15) is 46.0 Å². The molecule has 1 fully saturated rings. The van der Waals surface area contributed by atoms with Crippen LogP contribution in [0.25, 0.3) is 0 Å². The third kappa shape index (κ3) is 14.7. The normalized spacial score (nSPS) is 12.8. The van der Waals surface area contributed by atoms with E-state index in [0.717, 1.165) is 46.0 Å². The van der Waals surface area contributed by atoms with Crippen molar-refractivity contribution in [2.45, 2.75) is 52.1 Å². The number of esters is 2. The van der Waals surface area contributed by atoms with Gasteiger partial charge in [0.05, 0.1) is 0 Å². The van der Waals surface area contributed by atoms with E-state index in [-0.39, 0.29) is 6.10 Å². The molecule has 0 saturated heterocycles. The predicted octanol–water partition coefficient (Wildman–Crippen LogP) is 2.38. The van der Waals surface area contributed by atoms with E-state index in [0.29, 0.717) is 0 Å². The van der Waals surface area contributed by atoms with Gasteiger partial charge in [-0.25, -0.2) is 9.68 Å². The van der Waals surface area contributed by atoms with E-state index in [1.54, 1.807) is 0 Å². The van der Waals surface area contributed by atoms with Crippen molar-refractivity contribution in [2.75, 3.05) is 0 Å². The largest absolute Gasteiger partial charge is 0.558 e. The molecule has 0 aromatic rings. The van der Waals surface area contributed by atoms with E-state index in [1.165, 1.54) is 0 Å². The highest BCUT2D eigenvalue weighted by atomic mass is 17.3. The van der Waals surface area contributed by atoms with Gasteiger partial charge in [0.1, 0.15) is 6.10 Å². The monoisotopic (exact) mass is 410 g/mol. The molecule has 1 aliphatic carbocycles. The molecule has 1 saturated carbocycles. The molecule has 0 spiro atoms. The van der Waals surface area contributed by atoms with Crippen molar-refractivity contribution < 1.29 is 67.6 Å². The summed E-state index contributed by atoms with van der Waals surface area (Å²) < 4.78 is 12.4. The molecule has 158 valence electrons. The lowest BCUT2D eigenvalue weighted by Crippen LogP contribution is -2.22. The van der Waals surface area contributed by atoms with Gasteiger partial charge in [-0.3, -0.25) is 9.59 Å². The highest BCUT2D eigenvalue weighted by Gasteiger charge is 2.20. The Bertz CT molecular complexity index is 549. The smallest absolute Gasteiger partial charge is 0.447 e. The molecule has 0 unspecified atom stereocenters. The highest BCUT2D eigenvalue weighted by Crippen LogP contribution is 2.20. The average molecular weight is 410 g/mol.